The van der Waals surface area contributed by atoms with E-state index in [0.717, 1.165) is 37.4 Å². The Morgan fingerprint density at radius 3 is 2.44 bits per heavy atom. The predicted octanol–water partition coefficient (Wildman–Crippen LogP) is 2.94. The maximum absolute atomic E-state index is 12.2. The number of amides is 2. The van der Waals surface area contributed by atoms with Gasteiger partial charge in [-0.25, -0.2) is 0 Å². The van der Waals surface area contributed by atoms with Crippen molar-refractivity contribution in [3.63, 3.8) is 0 Å². The highest BCUT2D eigenvalue weighted by Crippen LogP contribution is 2.12. The van der Waals surface area contributed by atoms with Crippen molar-refractivity contribution in [2.24, 2.45) is 0 Å². The molecular weight excluding hydrogens is 406 g/mol. The maximum atomic E-state index is 12.2. The van der Waals surface area contributed by atoms with Crippen LogP contribution in [0.15, 0.2) is 48.5 Å². The second kappa shape index (κ2) is 12.1. The van der Waals surface area contributed by atoms with E-state index in [0.29, 0.717) is 30.8 Å². The van der Waals surface area contributed by atoms with Crippen LogP contribution in [0.5, 0.6) is 0 Å². The lowest BCUT2D eigenvalue weighted by molar-refractivity contribution is -0.121. The van der Waals surface area contributed by atoms with Crippen LogP contribution < -0.4 is 10.6 Å². The van der Waals surface area contributed by atoms with Crippen LogP contribution in [0.1, 0.15) is 40.7 Å². The molecule has 1 aliphatic heterocycles. The second-order valence-electron chi connectivity index (χ2n) is 8.02. The normalized spacial score (nSPS) is 14.0. The first-order chi connectivity index (χ1) is 15.5. The summed E-state index contributed by atoms with van der Waals surface area (Å²) >= 11 is 0. The molecule has 2 amide bonds. The van der Waals surface area contributed by atoms with E-state index in [1.807, 2.05) is 43.3 Å². The fraction of sp³-hybridized carbons (Fsp3) is 0.400. The van der Waals surface area contributed by atoms with Gasteiger partial charge in [-0.2, -0.15) is 0 Å². The lowest BCUT2D eigenvalue weighted by atomic mass is 10.0. The summed E-state index contributed by atoms with van der Waals surface area (Å²) in [7, 11) is 0. The SMILES string of the molecule is Cc1ccc(C(=O)CCC(=O)NCc2cccc(NC(=O)CCN3CCOCC3)c2)cc1. The van der Waals surface area contributed by atoms with Crippen molar-refractivity contribution in [1.29, 1.82) is 0 Å². The van der Waals surface area contributed by atoms with Crippen molar-refractivity contribution in [1.82, 2.24) is 10.2 Å². The third-order valence-electron chi connectivity index (χ3n) is 5.41. The number of carbonyl (C=O) groups is 3. The fourth-order valence-electron chi connectivity index (χ4n) is 3.47. The molecule has 2 aromatic carbocycles. The number of benzene rings is 2. The first-order valence-corrected chi connectivity index (χ1v) is 11.0. The van der Waals surface area contributed by atoms with Crippen LogP contribution in [0, 0.1) is 6.92 Å². The summed E-state index contributed by atoms with van der Waals surface area (Å²) in [5.74, 6) is -0.250. The average molecular weight is 438 g/mol. The molecule has 0 spiro atoms. The van der Waals surface area contributed by atoms with E-state index in [1.165, 1.54) is 0 Å². The summed E-state index contributed by atoms with van der Waals surface area (Å²) in [5.41, 5.74) is 3.31. The number of anilines is 1. The van der Waals surface area contributed by atoms with Crippen molar-refractivity contribution >= 4 is 23.3 Å². The number of ketones is 1. The van der Waals surface area contributed by atoms with E-state index >= 15 is 0 Å². The smallest absolute Gasteiger partial charge is 0.225 e. The highest BCUT2D eigenvalue weighted by atomic mass is 16.5. The van der Waals surface area contributed by atoms with Crippen LogP contribution in [0.25, 0.3) is 0 Å². The van der Waals surface area contributed by atoms with Gasteiger partial charge in [0.25, 0.3) is 0 Å². The zero-order valence-corrected chi connectivity index (χ0v) is 18.6. The number of morpholine rings is 1. The minimum absolute atomic E-state index is 0.0349. The maximum Gasteiger partial charge on any atom is 0.225 e. The van der Waals surface area contributed by atoms with Crippen LogP contribution in [-0.2, 0) is 20.9 Å². The number of rotatable bonds is 10. The number of nitrogens with one attached hydrogen (secondary N) is 2. The van der Waals surface area contributed by atoms with Crippen LogP contribution in [0.4, 0.5) is 5.69 Å². The number of ether oxygens (including phenoxy) is 1. The summed E-state index contributed by atoms with van der Waals surface area (Å²) in [5, 5.41) is 5.76. The molecule has 1 heterocycles. The Balaban J connectivity index is 1.39. The molecule has 1 aliphatic rings. The van der Waals surface area contributed by atoms with E-state index in [9.17, 15) is 14.4 Å². The molecule has 2 N–H and O–H groups in total. The second-order valence-corrected chi connectivity index (χ2v) is 8.02. The number of carbonyl (C=O) groups excluding carboxylic acids is 3. The molecule has 7 heteroatoms. The zero-order valence-electron chi connectivity index (χ0n) is 18.6. The van der Waals surface area contributed by atoms with E-state index in [1.54, 1.807) is 12.1 Å². The topological polar surface area (TPSA) is 87.7 Å². The van der Waals surface area contributed by atoms with E-state index in [2.05, 4.69) is 15.5 Å². The molecule has 7 nitrogen and oxygen atoms in total. The third-order valence-corrected chi connectivity index (χ3v) is 5.41. The quantitative estimate of drug-likeness (QED) is 0.558. The standard InChI is InChI=1S/C25H31N3O4/c1-19-5-7-21(8-6-19)23(29)9-10-24(30)26-18-20-3-2-4-22(17-20)27-25(31)11-12-28-13-15-32-16-14-28/h2-8,17H,9-16,18H2,1H3,(H,26,30)(H,27,31). The molecule has 0 unspecified atom stereocenters. The number of aryl methyl sites for hydroxylation is 1. The fourth-order valence-corrected chi connectivity index (χ4v) is 3.47. The molecule has 1 fully saturated rings. The van der Waals surface area contributed by atoms with Crippen molar-refractivity contribution in [3.05, 3.63) is 65.2 Å². The Morgan fingerprint density at radius 2 is 1.69 bits per heavy atom. The summed E-state index contributed by atoms with van der Waals surface area (Å²) < 4.78 is 5.32. The average Bonchev–Trinajstić information content (AvgIpc) is 2.81. The Kier molecular flexibility index (Phi) is 8.95. The molecule has 0 atom stereocenters. The van der Waals surface area contributed by atoms with Gasteiger partial charge >= 0.3 is 0 Å². The molecule has 0 aromatic heterocycles. The lowest BCUT2D eigenvalue weighted by Crippen LogP contribution is -2.38. The van der Waals surface area contributed by atoms with Crippen LogP contribution in [-0.4, -0.2) is 55.3 Å². The molecule has 170 valence electrons. The van der Waals surface area contributed by atoms with Crippen LogP contribution >= 0.6 is 0 Å². The van der Waals surface area contributed by atoms with Crippen molar-refractivity contribution in [2.75, 3.05) is 38.2 Å². The minimum atomic E-state index is -0.176. The highest BCUT2D eigenvalue weighted by Gasteiger charge is 2.12. The minimum Gasteiger partial charge on any atom is -0.379 e. The first-order valence-electron chi connectivity index (χ1n) is 11.0. The van der Waals surface area contributed by atoms with Gasteiger partial charge in [0, 0.05) is 56.7 Å². The molecule has 0 bridgehead atoms. The summed E-state index contributed by atoms with van der Waals surface area (Å²) in [6, 6.07) is 14.8. The number of Topliss-reactive ketones (excluding diaryl/α,β-unsaturated/α-hetero) is 1. The summed E-state index contributed by atoms with van der Waals surface area (Å²) in [6.07, 6.45) is 0.745. The van der Waals surface area contributed by atoms with Gasteiger partial charge in [0.2, 0.25) is 11.8 Å². The van der Waals surface area contributed by atoms with Gasteiger partial charge in [-0.05, 0) is 24.6 Å². The number of hydrogen-bond acceptors (Lipinski definition) is 5. The van der Waals surface area contributed by atoms with Gasteiger partial charge in [0.1, 0.15) is 0 Å². The van der Waals surface area contributed by atoms with Gasteiger partial charge < -0.3 is 15.4 Å². The van der Waals surface area contributed by atoms with Gasteiger partial charge in [0.05, 0.1) is 13.2 Å². The molecule has 1 saturated heterocycles. The molecule has 3 rings (SSSR count). The third kappa shape index (κ3) is 7.90. The summed E-state index contributed by atoms with van der Waals surface area (Å²) in [4.78, 5) is 38.8. The molecular formula is C25H31N3O4. The first kappa shape index (κ1) is 23.6. The Morgan fingerprint density at radius 1 is 0.938 bits per heavy atom. The number of hydrogen-bond donors (Lipinski definition) is 2. The van der Waals surface area contributed by atoms with Gasteiger partial charge in [0.15, 0.2) is 5.78 Å². The molecule has 2 aromatic rings. The largest absolute Gasteiger partial charge is 0.379 e. The van der Waals surface area contributed by atoms with Crippen LogP contribution in [0.3, 0.4) is 0 Å². The summed E-state index contributed by atoms with van der Waals surface area (Å²) in [6.45, 7) is 6.18. The van der Waals surface area contributed by atoms with Gasteiger partial charge in [-0.1, -0.05) is 42.0 Å². The van der Waals surface area contributed by atoms with E-state index in [-0.39, 0.29) is 30.4 Å². The molecule has 0 radical (unpaired) electrons. The van der Waals surface area contributed by atoms with E-state index < -0.39 is 0 Å². The van der Waals surface area contributed by atoms with Crippen molar-refractivity contribution in [2.45, 2.75) is 32.7 Å². The monoisotopic (exact) mass is 437 g/mol. The van der Waals surface area contributed by atoms with E-state index in [4.69, 9.17) is 4.74 Å². The van der Waals surface area contributed by atoms with Crippen molar-refractivity contribution < 1.29 is 19.1 Å². The molecule has 0 aliphatic carbocycles. The van der Waals surface area contributed by atoms with Crippen molar-refractivity contribution in [3.8, 4) is 0 Å². The molecule has 0 saturated carbocycles. The van der Waals surface area contributed by atoms with Gasteiger partial charge in [-0.15, -0.1) is 0 Å². The highest BCUT2D eigenvalue weighted by molar-refractivity contribution is 5.98. The lowest BCUT2D eigenvalue weighted by Gasteiger charge is -2.26. The Labute approximate surface area is 189 Å². The Bertz CT molecular complexity index is 921. The van der Waals surface area contributed by atoms with Gasteiger partial charge in [-0.3, -0.25) is 19.3 Å². The Hall–Kier alpha value is -3.03. The zero-order chi connectivity index (χ0) is 22.8. The predicted molar refractivity (Wildman–Crippen MR) is 124 cm³/mol. The molecule has 32 heavy (non-hydrogen) atoms. The van der Waals surface area contributed by atoms with Crippen LogP contribution in [0.2, 0.25) is 0 Å². The number of nitrogens with zero attached hydrogens (tertiary/aromatic N) is 1.